The highest BCUT2D eigenvalue weighted by Crippen LogP contribution is 2.61. The monoisotopic (exact) mass is 768 g/mol. The second-order valence-electron chi connectivity index (χ2n) is 16.0. The quantitative estimate of drug-likeness (QED) is 0.235. The van der Waals surface area contributed by atoms with Crippen molar-refractivity contribution in [2.24, 2.45) is 5.92 Å². The molecule has 55 heavy (non-hydrogen) atoms. The highest BCUT2D eigenvalue weighted by atomic mass is 28.4. The molecule has 3 fully saturated rings. The molecule has 0 aromatic heterocycles. The van der Waals surface area contributed by atoms with E-state index in [4.69, 9.17) is 4.74 Å². The van der Waals surface area contributed by atoms with Gasteiger partial charge in [0.1, 0.15) is 0 Å². The first-order valence-corrected chi connectivity index (χ1v) is 22.3. The van der Waals surface area contributed by atoms with E-state index in [1.165, 1.54) is 0 Å². The van der Waals surface area contributed by atoms with Gasteiger partial charge in [-0.2, -0.15) is 0 Å². The van der Waals surface area contributed by atoms with E-state index >= 15 is 8.90 Å². The number of nitrogens with one attached hydrogen (secondary N) is 2. The van der Waals surface area contributed by atoms with E-state index in [9.17, 15) is 19.5 Å². The van der Waals surface area contributed by atoms with Crippen molar-refractivity contribution in [2.75, 3.05) is 60.6 Å². The van der Waals surface area contributed by atoms with Crippen LogP contribution >= 0.6 is 0 Å². The summed E-state index contributed by atoms with van der Waals surface area (Å²) >= 11 is 0. The van der Waals surface area contributed by atoms with E-state index in [1.54, 1.807) is 32.7 Å². The average molecular weight is 769 g/mol. The predicted molar refractivity (Wildman–Crippen MR) is 209 cm³/mol. The molecule has 14 heteroatoms. The normalized spacial score (nSPS) is 26.9. The largest absolute Gasteiger partial charge is 0.394 e. The SMILES string of the molecule is C[C@@H]1[C@@H]([Si](C)(C)F)[C@H](CC(=O)N2Cc3ccccc3C[C@H]2CO)O[C@@]12C(=O)N(Cc1ccc(N3CCNCC3=O)cc1)c1ccc(N3CCNCC3=O)cc12. The number of fused-ring (bicyclic) bond motifs is 3. The molecule has 0 bridgehead atoms. The van der Waals surface area contributed by atoms with Gasteiger partial charge in [0.25, 0.3) is 5.91 Å². The molecule has 5 heterocycles. The number of nitrogens with zero attached hydrogens (tertiary/aromatic N) is 4. The maximum Gasteiger partial charge on any atom is 0.264 e. The van der Waals surface area contributed by atoms with E-state index < -0.39 is 37.6 Å². The van der Waals surface area contributed by atoms with Gasteiger partial charge in [-0.05, 0) is 66.5 Å². The van der Waals surface area contributed by atoms with E-state index in [1.807, 2.05) is 73.7 Å². The summed E-state index contributed by atoms with van der Waals surface area (Å²) in [5.41, 5.74) is 3.20. The first-order chi connectivity index (χ1) is 26.4. The number of carbonyl (C=O) groups excluding carboxylic acids is 4. The van der Waals surface area contributed by atoms with E-state index in [2.05, 4.69) is 10.6 Å². The summed E-state index contributed by atoms with van der Waals surface area (Å²) in [5, 5.41) is 16.5. The first-order valence-electron chi connectivity index (χ1n) is 19.3. The number of rotatable bonds is 8. The Hall–Kier alpha value is -4.47. The van der Waals surface area contributed by atoms with Crippen LogP contribution in [0, 0.1) is 5.92 Å². The van der Waals surface area contributed by atoms with Crippen molar-refractivity contribution in [3.63, 3.8) is 0 Å². The summed E-state index contributed by atoms with van der Waals surface area (Å²) in [7, 11) is -3.60. The molecule has 5 atom stereocenters. The predicted octanol–water partition coefficient (Wildman–Crippen LogP) is 3.22. The molecule has 3 N–H and O–H groups in total. The third-order valence-electron chi connectivity index (χ3n) is 12.3. The molecule has 0 unspecified atom stereocenters. The molecule has 0 radical (unpaired) electrons. The molecule has 3 aromatic carbocycles. The summed E-state index contributed by atoms with van der Waals surface area (Å²) < 4.78 is 23.7. The molecule has 0 saturated carbocycles. The zero-order valence-corrected chi connectivity index (χ0v) is 32.6. The Morgan fingerprint density at radius 3 is 2.20 bits per heavy atom. The molecule has 0 aliphatic carbocycles. The molecular weight excluding hydrogens is 720 g/mol. The van der Waals surface area contributed by atoms with Gasteiger partial charge in [0.05, 0.1) is 50.5 Å². The minimum Gasteiger partial charge on any atom is -0.394 e. The number of anilines is 3. The molecular formula is C41H49FN6O6Si. The van der Waals surface area contributed by atoms with Crippen LogP contribution in [-0.4, -0.2) is 100 Å². The molecule has 3 aromatic rings. The molecule has 8 rings (SSSR count). The lowest BCUT2D eigenvalue weighted by atomic mass is 9.82. The number of aliphatic hydroxyl groups is 1. The van der Waals surface area contributed by atoms with Gasteiger partial charge in [0.2, 0.25) is 26.1 Å². The standard InChI is InChI=1S/C41H49FN6O6Si/c1-26-39(55(2,3)42)35(20-36(50)47-24-29-7-5-4-6-28(29)18-32(47)25-49)54-41(26)33-19-31(46-17-15-44-22-38(46)52)12-13-34(33)48(40(41)53)23-27-8-10-30(11-9-27)45-16-14-43-21-37(45)51/h4-13,19,26,32,35,39,43-44,49H,14-18,20-25H2,1-3H3/t26-,32+,35+,39-,41+/m1/s1. The third-order valence-corrected chi connectivity index (χ3v) is 14.7. The van der Waals surface area contributed by atoms with Crippen LogP contribution in [0.25, 0.3) is 0 Å². The number of aliphatic hydroxyl groups excluding tert-OH is 1. The average Bonchev–Trinajstić information content (AvgIpc) is 3.60. The van der Waals surface area contributed by atoms with Gasteiger partial charge in [-0.25, -0.2) is 0 Å². The number of halogens is 1. The fourth-order valence-corrected chi connectivity index (χ4v) is 12.1. The maximum absolute atomic E-state index is 16.7. The fraction of sp³-hybridized carbons (Fsp3) is 0.463. The lowest BCUT2D eigenvalue weighted by molar-refractivity contribution is -0.151. The van der Waals surface area contributed by atoms with E-state index in [0.29, 0.717) is 56.1 Å². The topological polar surface area (TPSA) is 135 Å². The third kappa shape index (κ3) is 6.57. The molecule has 5 aliphatic heterocycles. The van der Waals surface area contributed by atoms with Crippen LogP contribution in [0.15, 0.2) is 66.7 Å². The highest BCUT2D eigenvalue weighted by Gasteiger charge is 2.67. The number of amides is 4. The minimum absolute atomic E-state index is 0.00496. The van der Waals surface area contributed by atoms with Crippen molar-refractivity contribution >= 4 is 49.1 Å². The van der Waals surface area contributed by atoms with Gasteiger partial charge in [-0.15, -0.1) is 0 Å². The van der Waals surface area contributed by atoms with Gasteiger partial charge >= 0.3 is 0 Å². The Bertz CT molecular complexity index is 2010. The smallest absolute Gasteiger partial charge is 0.264 e. The van der Waals surface area contributed by atoms with Crippen molar-refractivity contribution in [3.8, 4) is 0 Å². The summed E-state index contributed by atoms with van der Waals surface area (Å²) in [6.07, 6.45) is -0.527. The van der Waals surface area contributed by atoms with Crippen LogP contribution in [0.4, 0.5) is 21.2 Å². The van der Waals surface area contributed by atoms with Crippen molar-refractivity contribution < 1.29 is 33.1 Å². The second-order valence-corrected chi connectivity index (χ2v) is 19.8. The van der Waals surface area contributed by atoms with Crippen LogP contribution in [-0.2, 0) is 49.0 Å². The Balaban J connectivity index is 1.15. The molecule has 12 nitrogen and oxygen atoms in total. The van der Waals surface area contributed by atoms with Crippen LogP contribution < -0.4 is 25.3 Å². The number of piperazine rings is 2. The van der Waals surface area contributed by atoms with Gasteiger partial charge < -0.3 is 44.2 Å². The van der Waals surface area contributed by atoms with Gasteiger partial charge in [0.15, 0.2) is 5.60 Å². The van der Waals surface area contributed by atoms with Gasteiger partial charge in [-0.1, -0.05) is 43.3 Å². The molecule has 290 valence electrons. The summed E-state index contributed by atoms with van der Waals surface area (Å²) in [6, 6.07) is 20.6. The van der Waals surface area contributed by atoms with Crippen LogP contribution in [0.5, 0.6) is 0 Å². The van der Waals surface area contributed by atoms with E-state index in [-0.39, 0.29) is 56.3 Å². The molecule has 4 amide bonds. The second kappa shape index (κ2) is 14.6. The Labute approximate surface area is 321 Å². The van der Waals surface area contributed by atoms with Crippen molar-refractivity contribution in [2.45, 2.75) is 69.2 Å². The van der Waals surface area contributed by atoms with Crippen LogP contribution in [0.1, 0.15) is 35.6 Å². The van der Waals surface area contributed by atoms with Gasteiger partial charge in [-0.3, -0.25) is 19.2 Å². The molecule has 3 saturated heterocycles. The zero-order valence-electron chi connectivity index (χ0n) is 31.6. The number of hydrogen-bond acceptors (Lipinski definition) is 8. The van der Waals surface area contributed by atoms with Crippen molar-refractivity contribution in [1.82, 2.24) is 15.5 Å². The first kappa shape index (κ1) is 37.5. The number of benzene rings is 3. The number of hydrogen-bond donors (Lipinski definition) is 3. The van der Waals surface area contributed by atoms with Crippen LogP contribution in [0.2, 0.25) is 18.6 Å². The Kier molecular flexibility index (Phi) is 9.91. The van der Waals surface area contributed by atoms with Gasteiger partial charge in [0, 0.05) is 61.1 Å². The summed E-state index contributed by atoms with van der Waals surface area (Å²) in [6.45, 7) is 8.22. The van der Waals surface area contributed by atoms with Crippen molar-refractivity contribution in [1.29, 1.82) is 0 Å². The summed E-state index contributed by atoms with van der Waals surface area (Å²) in [5.74, 6) is -1.32. The lowest BCUT2D eigenvalue weighted by Crippen LogP contribution is -2.48. The molecule has 1 spiro atoms. The maximum atomic E-state index is 16.7. The van der Waals surface area contributed by atoms with Crippen molar-refractivity contribution in [3.05, 3.63) is 89.0 Å². The fourth-order valence-electron chi connectivity index (χ4n) is 9.61. The Morgan fingerprint density at radius 2 is 1.56 bits per heavy atom. The van der Waals surface area contributed by atoms with E-state index in [0.717, 1.165) is 22.4 Å². The summed E-state index contributed by atoms with van der Waals surface area (Å²) in [4.78, 5) is 61.8. The minimum atomic E-state index is -3.60. The number of ether oxygens (including phenoxy) is 1. The zero-order chi connectivity index (χ0) is 38.6. The Morgan fingerprint density at radius 1 is 0.927 bits per heavy atom. The highest BCUT2D eigenvalue weighted by molar-refractivity contribution is 6.72. The molecule has 5 aliphatic rings. The van der Waals surface area contributed by atoms with Crippen LogP contribution in [0.3, 0.4) is 0 Å². The number of carbonyl (C=O) groups is 4. The lowest BCUT2D eigenvalue weighted by Gasteiger charge is -2.37.